The van der Waals surface area contributed by atoms with Crippen LogP contribution in [0.15, 0.2) is 35.5 Å². The van der Waals surface area contributed by atoms with Gasteiger partial charge in [0.05, 0.1) is 11.7 Å². The summed E-state index contributed by atoms with van der Waals surface area (Å²) in [6.45, 7) is 0.223. The van der Waals surface area contributed by atoms with Crippen molar-refractivity contribution in [1.29, 1.82) is 0 Å². The molecule has 0 spiro atoms. The standard InChI is InChI=1S/C11H20N4O6.C7H6N2/c12-11(13)14-5-1-2-6(9(18)19)15-7(10(20)21)3-4-8(16)17;1-2-4-7-6(3-1)5-8-9-7/h6-7,15H,1-5H2,(H,16,17)(H,18,19)(H,20,21)(H4,12,13,14);1-5H,(H,8,9). The molecule has 0 saturated heterocycles. The molecule has 1 aromatic carbocycles. The Balaban J connectivity index is 0.000000405. The highest BCUT2D eigenvalue weighted by Crippen LogP contribution is 2.07. The van der Waals surface area contributed by atoms with Crippen LogP contribution in [0.1, 0.15) is 25.7 Å². The van der Waals surface area contributed by atoms with E-state index in [0.29, 0.717) is 6.42 Å². The third-order valence-electron chi connectivity index (χ3n) is 3.94. The monoisotopic (exact) mass is 422 g/mol. The summed E-state index contributed by atoms with van der Waals surface area (Å²) in [5, 5.41) is 36.9. The number of guanidine groups is 1. The van der Waals surface area contributed by atoms with Crippen LogP contribution in [0.5, 0.6) is 0 Å². The summed E-state index contributed by atoms with van der Waals surface area (Å²) in [5.41, 5.74) is 11.3. The molecule has 2 rings (SSSR count). The van der Waals surface area contributed by atoms with E-state index in [4.69, 9.17) is 26.8 Å². The number of nitrogens with zero attached hydrogens (tertiary/aromatic N) is 2. The number of aliphatic imine (C=N–C) groups is 1. The third kappa shape index (κ3) is 9.50. The molecule has 9 N–H and O–H groups in total. The summed E-state index contributed by atoms with van der Waals surface area (Å²) in [4.78, 5) is 36.2. The van der Waals surface area contributed by atoms with E-state index in [-0.39, 0.29) is 31.8 Å². The Bertz CT molecular complexity index is 833. The Morgan fingerprint density at radius 2 is 1.70 bits per heavy atom. The summed E-state index contributed by atoms with van der Waals surface area (Å²) in [7, 11) is 0. The average molecular weight is 422 g/mol. The molecule has 0 aliphatic carbocycles. The van der Waals surface area contributed by atoms with Gasteiger partial charge in [0.15, 0.2) is 5.96 Å². The second kappa shape index (κ2) is 12.7. The number of rotatable bonds is 11. The van der Waals surface area contributed by atoms with Gasteiger partial charge in [0.2, 0.25) is 0 Å². The molecule has 0 saturated carbocycles. The largest absolute Gasteiger partial charge is 0.481 e. The Morgan fingerprint density at radius 1 is 1.07 bits per heavy atom. The van der Waals surface area contributed by atoms with Crippen LogP contribution in [0.4, 0.5) is 0 Å². The second-order valence-electron chi connectivity index (χ2n) is 6.29. The van der Waals surface area contributed by atoms with E-state index in [9.17, 15) is 14.4 Å². The molecule has 0 bridgehead atoms. The maximum atomic E-state index is 11.1. The summed E-state index contributed by atoms with van der Waals surface area (Å²) in [5.74, 6) is -3.78. The molecule has 2 aromatic rings. The SMILES string of the molecule is NC(N)=NCCCC(NC(CCC(=O)O)C(=O)O)C(=O)O.c1ccc2[nH]ncc2c1. The molecule has 30 heavy (non-hydrogen) atoms. The fourth-order valence-electron chi connectivity index (χ4n) is 2.45. The van der Waals surface area contributed by atoms with Crippen LogP contribution in [0, 0.1) is 0 Å². The molecule has 0 amide bonds. The maximum absolute atomic E-state index is 11.1. The van der Waals surface area contributed by atoms with Crippen LogP contribution in [0.25, 0.3) is 10.9 Å². The molecule has 12 nitrogen and oxygen atoms in total. The van der Waals surface area contributed by atoms with Gasteiger partial charge in [-0.1, -0.05) is 18.2 Å². The molecule has 12 heteroatoms. The van der Waals surface area contributed by atoms with Crippen LogP contribution in [0.3, 0.4) is 0 Å². The molecule has 0 aliphatic heterocycles. The number of hydrogen-bond acceptors (Lipinski definition) is 6. The van der Waals surface area contributed by atoms with Gasteiger partial charge in [-0.2, -0.15) is 5.10 Å². The highest BCUT2D eigenvalue weighted by Gasteiger charge is 2.26. The van der Waals surface area contributed by atoms with E-state index >= 15 is 0 Å². The number of fused-ring (bicyclic) bond motifs is 1. The first kappa shape index (κ1) is 24.4. The molecule has 0 aliphatic rings. The van der Waals surface area contributed by atoms with Crippen LogP contribution >= 0.6 is 0 Å². The van der Waals surface area contributed by atoms with Crippen molar-refractivity contribution in [3.05, 3.63) is 30.5 Å². The number of hydrogen-bond donors (Lipinski definition) is 7. The van der Waals surface area contributed by atoms with Gasteiger partial charge in [-0.25, -0.2) is 0 Å². The lowest BCUT2D eigenvalue weighted by Gasteiger charge is -2.19. The Morgan fingerprint density at radius 3 is 2.27 bits per heavy atom. The van der Waals surface area contributed by atoms with Gasteiger partial charge in [0.1, 0.15) is 12.1 Å². The van der Waals surface area contributed by atoms with Crippen LogP contribution in [-0.2, 0) is 14.4 Å². The van der Waals surface area contributed by atoms with Gasteiger partial charge in [0.25, 0.3) is 0 Å². The van der Waals surface area contributed by atoms with E-state index in [1.165, 1.54) is 0 Å². The minimum atomic E-state index is -1.30. The molecule has 1 aromatic heterocycles. The number of aliphatic carboxylic acids is 3. The first-order valence-corrected chi connectivity index (χ1v) is 9.07. The minimum absolute atomic E-state index is 0.111. The zero-order valence-electron chi connectivity index (χ0n) is 16.2. The van der Waals surface area contributed by atoms with Crippen molar-refractivity contribution < 1.29 is 29.7 Å². The number of benzene rings is 1. The molecule has 0 fully saturated rings. The van der Waals surface area contributed by atoms with Crippen molar-refractivity contribution in [2.45, 2.75) is 37.8 Å². The van der Waals surface area contributed by atoms with Gasteiger partial charge >= 0.3 is 17.9 Å². The smallest absolute Gasteiger partial charge is 0.320 e. The molecule has 2 unspecified atom stereocenters. The van der Waals surface area contributed by atoms with E-state index in [0.717, 1.165) is 10.9 Å². The lowest BCUT2D eigenvalue weighted by molar-refractivity contribution is -0.143. The van der Waals surface area contributed by atoms with Crippen molar-refractivity contribution in [3.63, 3.8) is 0 Å². The molecule has 0 radical (unpaired) electrons. The van der Waals surface area contributed by atoms with Crippen molar-refractivity contribution in [1.82, 2.24) is 15.5 Å². The number of nitrogens with two attached hydrogens (primary N) is 2. The van der Waals surface area contributed by atoms with E-state index in [1.807, 2.05) is 30.5 Å². The molecular weight excluding hydrogens is 396 g/mol. The number of aromatic amines is 1. The maximum Gasteiger partial charge on any atom is 0.320 e. The highest BCUT2D eigenvalue weighted by atomic mass is 16.4. The number of carboxylic acid groups (broad SMARTS) is 3. The zero-order valence-corrected chi connectivity index (χ0v) is 16.2. The lowest BCUT2D eigenvalue weighted by Crippen LogP contribution is -2.47. The number of carboxylic acids is 3. The Labute approximate surface area is 172 Å². The molecular formula is C18H26N6O6. The number of carbonyl (C=O) groups is 3. The van der Waals surface area contributed by atoms with E-state index in [1.54, 1.807) is 0 Å². The summed E-state index contributed by atoms with van der Waals surface area (Å²) in [6, 6.07) is 5.65. The number of aromatic nitrogens is 2. The quantitative estimate of drug-likeness (QED) is 0.146. The number of nitrogens with one attached hydrogen (secondary N) is 2. The molecule has 2 atom stereocenters. The summed E-state index contributed by atoms with van der Waals surface area (Å²) in [6.07, 6.45) is 1.69. The topological polar surface area (TPSA) is 217 Å². The van der Waals surface area contributed by atoms with Gasteiger partial charge in [-0.05, 0) is 25.3 Å². The van der Waals surface area contributed by atoms with Crippen molar-refractivity contribution in [2.75, 3.05) is 6.54 Å². The van der Waals surface area contributed by atoms with E-state index < -0.39 is 30.0 Å². The first-order valence-electron chi connectivity index (χ1n) is 9.07. The third-order valence-corrected chi connectivity index (χ3v) is 3.94. The van der Waals surface area contributed by atoms with Gasteiger partial charge in [-0.3, -0.25) is 29.8 Å². The number of H-pyrrole nitrogens is 1. The average Bonchev–Trinajstić information content (AvgIpc) is 3.15. The van der Waals surface area contributed by atoms with Crippen LogP contribution < -0.4 is 16.8 Å². The zero-order chi connectivity index (χ0) is 22.5. The summed E-state index contributed by atoms with van der Waals surface area (Å²) < 4.78 is 0. The Hall–Kier alpha value is -3.67. The predicted octanol–water partition coefficient (Wildman–Crippen LogP) is -0.0363. The second-order valence-corrected chi connectivity index (χ2v) is 6.29. The van der Waals surface area contributed by atoms with Crippen LogP contribution in [0.2, 0.25) is 0 Å². The Kier molecular flexibility index (Phi) is 10.3. The minimum Gasteiger partial charge on any atom is -0.481 e. The van der Waals surface area contributed by atoms with Crippen molar-refractivity contribution in [3.8, 4) is 0 Å². The predicted molar refractivity (Wildman–Crippen MR) is 109 cm³/mol. The van der Waals surface area contributed by atoms with Crippen LogP contribution in [-0.4, -0.2) is 68.0 Å². The normalized spacial score (nSPS) is 12.3. The van der Waals surface area contributed by atoms with Crippen molar-refractivity contribution >= 4 is 34.8 Å². The highest BCUT2D eigenvalue weighted by molar-refractivity contribution is 5.78. The van der Waals surface area contributed by atoms with Gasteiger partial charge in [-0.15, -0.1) is 0 Å². The van der Waals surface area contributed by atoms with E-state index in [2.05, 4.69) is 20.5 Å². The van der Waals surface area contributed by atoms with Crippen molar-refractivity contribution in [2.24, 2.45) is 16.5 Å². The molecule has 1 heterocycles. The van der Waals surface area contributed by atoms with Gasteiger partial charge in [0, 0.05) is 18.4 Å². The summed E-state index contributed by atoms with van der Waals surface area (Å²) >= 11 is 0. The molecule has 164 valence electrons. The fraction of sp³-hybridized carbons (Fsp3) is 0.389. The first-order chi connectivity index (χ1) is 14.2. The van der Waals surface area contributed by atoms with Gasteiger partial charge < -0.3 is 26.8 Å². The fourth-order valence-corrected chi connectivity index (χ4v) is 2.45. The number of para-hydroxylation sites is 1. The lowest BCUT2D eigenvalue weighted by atomic mass is 10.1.